The van der Waals surface area contributed by atoms with Crippen LogP contribution >= 0.6 is 0 Å². The molecule has 1 aromatic rings. The number of anilines is 1. The molecular formula is C14H17NO. The lowest BCUT2D eigenvalue weighted by atomic mass is 10.0. The fourth-order valence-corrected chi connectivity index (χ4v) is 1.99. The van der Waals surface area contributed by atoms with Gasteiger partial charge in [-0.15, -0.1) is 0 Å². The summed E-state index contributed by atoms with van der Waals surface area (Å²) in [5, 5.41) is 3.27. The first-order chi connectivity index (χ1) is 7.70. The van der Waals surface area contributed by atoms with Gasteiger partial charge in [0, 0.05) is 18.5 Å². The number of nitrogens with one attached hydrogen (secondary N) is 1. The SMILES string of the molecule is C=C(CC)CC(=O)C1Cc2ccccc2N1. The molecule has 0 saturated heterocycles. The van der Waals surface area contributed by atoms with Gasteiger partial charge in [-0.2, -0.15) is 0 Å². The highest BCUT2D eigenvalue weighted by molar-refractivity contribution is 5.90. The van der Waals surface area contributed by atoms with Crippen LogP contribution < -0.4 is 5.32 Å². The highest BCUT2D eigenvalue weighted by atomic mass is 16.1. The standard InChI is InChI=1S/C14H17NO/c1-3-10(2)8-14(16)13-9-11-6-4-5-7-12(11)15-13/h4-7,13,15H,2-3,8-9H2,1H3. The van der Waals surface area contributed by atoms with Gasteiger partial charge >= 0.3 is 0 Å². The average Bonchev–Trinajstić information content (AvgIpc) is 2.72. The second kappa shape index (κ2) is 4.52. The van der Waals surface area contributed by atoms with E-state index in [1.165, 1.54) is 5.56 Å². The molecule has 2 heteroatoms. The second-order valence-corrected chi connectivity index (χ2v) is 4.30. The average molecular weight is 215 g/mol. The first-order valence-corrected chi connectivity index (χ1v) is 5.74. The van der Waals surface area contributed by atoms with Crippen LogP contribution in [0.5, 0.6) is 0 Å². The maximum atomic E-state index is 12.0. The molecular weight excluding hydrogens is 198 g/mol. The maximum absolute atomic E-state index is 12.0. The van der Waals surface area contributed by atoms with E-state index in [1.807, 2.05) is 25.1 Å². The van der Waals surface area contributed by atoms with Crippen LogP contribution in [0.4, 0.5) is 5.69 Å². The molecule has 0 bridgehead atoms. The normalized spacial score (nSPS) is 17.7. The minimum absolute atomic E-state index is 0.0549. The predicted molar refractivity (Wildman–Crippen MR) is 66.6 cm³/mol. The summed E-state index contributed by atoms with van der Waals surface area (Å²) >= 11 is 0. The number of rotatable bonds is 4. The van der Waals surface area contributed by atoms with E-state index in [9.17, 15) is 4.79 Å². The number of carbonyl (C=O) groups is 1. The number of para-hydroxylation sites is 1. The third-order valence-electron chi connectivity index (χ3n) is 3.08. The van der Waals surface area contributed by atoms with E-state index in [4.69, 9.17) is 0 Å². The number of benzene rings is 1. The molecule has 1 aromatic carbocycles. The summed E-state index contributed by atoms with van der Waals surface area (Å²) in [5.74, 6) is 0.253. The van der Waals surface area contributed by atoms with E-state index < -0.39 is 0 Å². The summed E-state index contributed by atoms with van der Waals surface area (Å²) in [5.41, 5.74) is 3.36. The molecule has 16 heavy (non-hydrogen) atoms. The molecule has 0 aromatic heterocycles. The topological polar surface area (TPSA) is 29.1 Å². The van der Waals surface area contributed by atoms with Crippen molar-refractivity contribution >= 4 is 11.5 Å². The Kier molecular flexibility index (Phi) is 3.09. The molecule has 1 N–H and O–H groups in total. The van der Waals surface area contributed by atoms with Crippen LogP contribution in [0.15, 0.2) is 36.4 Å². The molecule has 84 valence electrons. The number of fused-ring (bicyclic) bond motifs is 1. The molecule has 2 nitrogen and oxygen atoms in total. The summed E-state index contributed by atoms with van der Waals surface area (Å²) in [7, 11) is 0. The van der Waals surface area contributed by atoms with Gasteiger partial charge in [0.25, 0.3) is 0 Å². The van der Waals surface area contributed by atoms with Crippen molar-refractivity contribution in [3.63, 3.8) is 0 Å². The molecule has 0 spiro atoms. The Morgan fingerprint density at radius 1 is 1.50 bits per heavy atom. The molecule has 0 fully saturated rings. The molecule has 1 aliphatic rings. The Morgan fingerprint density at radius 3 is 2.94 bits per heavy atom. The van der Waals surface area contributed by atoms with Gasteiger partial charge < -0.3 is 5.32 Å². The van der Waals surface area contributed by atoms with Gasteiger partial charge in [-0.1, -0.05) is 37.3 Å². The summed E-state index contributed by atoms with van der Waals surface area (Å²) < 4.78 is 0. The van der Waals surface area contributed by atoms with Gasteiger partial charge in [0.2, 0.25) is 0 Å². The first-order valence-electron chi connectivity index (χ1n) is 5.74. The van der Waals surface area contributed by atoms with E-state index in [2.05, 4.69) is 18.0 Å². The van der Waals surface area contributed by atoms with Crippen LogP contribution in [0.3, 0.4) is 0 Å². The predicted octanol–water partition coefficient (Wildman–Crippen LogP) is 2.95. The Balaban J connectivity index is 2.01. The van der Waals surface area contributed by atoms with Crippen molar-refractivity contribution in [3.05, 3.63) is 42.0 Å². The van der Waals surface area contributed by atoms with E-state index in [-0.39, 0.29) is 11.8 Å². The third-order valence-corrected chi connectivity index (χ3v) is 3.08. The first kappa shape index (κ1) is 10.9. The molecule has 0 radical (unpaired) electrons. The molecule has 2 rings (SSSR count). The number of Topliss-reactive ketones (excluding diaryl/α,β-unsaturated/α-hetero) is 1. The number of hydrogen-bond donors (Lipinski definition) is 1. The van der Waals surface area contributed by atoms with Crippen LogP contribution in [0.2, 0.25) is 0 Å². The Bertz CT molecular complexity index is 397. The van der Waals surface area contributed by atoms with Crippen molar-refractivity contribution in [1.29, 1.82) is 0 Å². The summed E-state index contributed by atoms with van der Waals surface area (Å²) in [4.78, 5) is 12.0. The highest BCUT2D eigenvalue weighted by Gasteiger charge is 2.25. The minimum atomic E-state index is -0.0549. The van der Waals surface area contributed by atoms with Gasteiger partial charge in [-0.3, -0.25) is 4.79 Å². The molecule has 0 aliphatic carbocycles. The molecule has 1 unspecified atom stereocenters. The second-order valence-electron chi connectivity index (χ2n) is 4.30. The lowest BCUT2D eigenvalue weighted by molar-refractivity contribution is -0.119. The van der Waals surface area contributed by atoms with Crippen molar-refractivity contribution in [2.45, 2.75) is 32.2 Å². The molecule has 1 atom stereocenters. The summed E-state index contributed by atoms with van der Waals surface area (Å²) in [6, 6.07) is 8.05. The fourth-order valence-electron chi connectivity index (χ4n) is 1.99. The van der Waals surface area contributed by atoms with Gasteiger partial charge in [0.15, 0.2) is 5.78 Å². The number of allylic oxidation sites excluding steroid dienone is 1. The van der Waals surface area contributed by atoms with Crippen LogP contribution in [-0.2, 0) is 11.2 Å². The van der Waals surface area contributed by atoms with E-state index >= 15 is 0 Å². The van der Waals surface area contributed by atoms with Crippen LogP contribution in [0, 0.1) is 0 Å². The van der Waals surface area contributed by atoms with E-state index in [0.717, 1.165) is 24.1 Å². The maximum Gasteiger partial charge on any atom is 0.159 e. The van der Waals surface area contributed by atoms with E-state index in [0.29, 0.717) is 6.42 Å². The van der Waals surface area contributed by atoms with Crippen LogP contribution in [0.25, 0.3) is 0 Å². The zero-order valence-electron chi connectivity index (χ0n) is 9.62. The lowest BCUT2D eigenvalue weighted by Gasteiger charge is -2.10. The third kappa shape index (κ3) is 2.16. The molecule has 1 aliphatic heterocycles. The lowest BCUT2D eigenvalue weighted by Crippen LogP contribution is -2.27. The quantitative estimate of drug-likeness (QED) is 0.782. The van der Waals surface area contributed by atoms with Gasteiger partial charge in [0.05, 0.1) is 6.04 Å². The molecule has 0 amide bonds. The zero-order chi connectivity index (χ0) is 11.5. The Labute approximate surface area is 96.4 Å². The highest BCUT2D eigenvalue weighted by Crippen LogP contribution is 2.26. The number of hydrogen-bond acceptors (Lipinski definition) is 2. The zero-order valence-corrected chi connectivity index (χ0v) is 9.62. The smallest absolute Gasteiger partial charge is 0.159 e. The number of carbonyl (C=O) groups excluding carboxylic acids is 1. The van der Waals surface area contributed by atoms with Crippen LogP contribution in [0.1, 0.15) is 25.3 Å². The van der Waals surface area contributed by atoms with Crippen molar-refractivity contribution < 1.29 is 4.79 Å². The van der Waals surface area contributed by atoms with E-state index in [1.54, 1.807) is 0 Å². The summed E-state index contributed by atoms with van der Waals surface area (Å²) in [6.45, 7) is 5.92. The minimum Gasteiger partial charge on any atom is -0.375 e. The fraction of sp³-hybridized carbons (Fsp3) is 0.357. The van der Waals surface area contributed by atoms with Crippen molar-refractivity contribution in [3.8, 4) is 0 Å². The largest absolute Gasteiger partial charge is 0.375 e. The number of ketones is 1. The van der Waals surface area contributed by atoms with Gasteiger partial charge in [-0.05, 0) is 18.1 Å². The van der Waals surface area contributed by atoms with Gasteiger partial charge in [-0.25, -0.2) is 0 Å². The van der Waals surface area contributed by atoms with Gasteiger partial charge in [0.1, 0.15) is 0 Å². The Morgan fingerprint density at radius 2 is 2.25 bits per heavy atom. The van der Waals surface area contributed by atoms with Crippen molar-refractivity contribution in [2.75, 3.05) is 5.32 Å². The van der Waals surface area contributed by atoms with Crippen molar-refractivity contribution in [1.82, 2.24) is 0 Å². The molecule has 0 saturated carbocycles. The molecule has 1 heterocycles. The Hall–Kier alpha value is -1.57. The van der Waals surface area contributed by atoms with Crippen molar-refractivity contribution in [2.24, 2.45) is 0 Å². The monoisotopic (exact) mass is 215 g/mol. The summed E-state index contributed by atoms with van der Waals surface area (Å²) in [6.07, 6.45) is 2.19. The van der Waals surface area contributed by atoms with Crippen LogP contribution in [-0.4, -0.2) is 11.8 Å².